The highest BCUT2D eigenvalue weighted by molar-refractivity contribution is 7.92. The fourth-order valence-electron chi connectivity index (χ4n) is 4.87. The molecule has 0 fully saturated rings. The van der Waals surface area contributed by atoms with Crippen LogP contribution in [0.1, 0.15) is 17.3 Å². The zero-order valence-corrected chi connectivity index (χ0v) is 24.1. The second-order valence-electron chi connectivity index (χ2n) is 9.63. The molecule has 0 spiro atoms. The summed E-state index contributed by atoms with van der Waals surface area (Å²) in [6.07, 6.45) is 0. The molecule has 6 rings (SSSR count). The van der Waals surface area contributed by atoms with Crippen molar-refractivity contribution in [2.45, 2.75) is 6.92 Å². The molecule has 4 aromatic carbocycles. The van der Waals surface area contributed by atoms with Crippen molar-refractivity contribution in [2.24, 2.45) is 0 Å². The molecule has 42 heavy (non-hydrogen) atoms. The Hall–Kier alpha value is -4.54. The highest BCUT2D eigenvalue weighted by atomic mass is 32.2. The van der Waals surface area contributed by atoms with E-state index in [0.29, 0.717) is 27.5 Å². The number of furan rings is 1. The minimum atomic E-state index is -3.69. The van der Waals surface area contributed by atoms with Gasteiger partial charge in [0.15, 0.2) is 0 Å². The van der Waals surface area contributed by atoms with Crippen LogP contribution in [-0.4, -0.2) is 27.1 Å². The maximum absolute atomic E-state index is 14.4. The number of nitrogens with one attached hydrogen (secondary N) is 2. The summed E-state index contributed by atoms with van der Waals surface area (Å²) in [5.41, 5.74) is 3.29. The molecule has 212 valence electrons. The number of carbonyl (C=O) groups excluding carboxylic acids is 1. The normalized spacial score (nSPS) is 11.7. The number of amides is 1. The smallest absolute Gasteiger partial charge is 0.255 e. The third kappa shape index (κ3) is 5.03. The lowest BCUT2D eigenvalue weighted by molar-refractivity contribution is 0.0964. The summed E-state index contributed by atoms with van der Waals surface area (Å²) < 4.78 is 63.1. The van der Waals surface area contributed by atoms with Gasteiger partial charge in [-0.2, -0.15) is 0 Å². The van der Waals surface area contributed by atoms with Crippen molar-refractivity contribution in [3.05, 3.63) is 102 Å². The van der Waals surface area contributed by atoms with Crippen LogP contribution in [0, 0.1) is 11.6 Å². The molecule has 6 nitrogen and oxygen atoms in total. The Morgan fingerprint density at radius 1 is 0.881 bits per heavy atom. The fraction of sp³-hybridized carbons (Fsp3) is 0.0938. The van der Waals surface area contributed by atoms with Gasteiger partial charge >= 0.3 is 0 Å². The number of hydrogen-bond donors (Lipinski definition) is 2. The quantitative estimate of drug-likeness (QED) is 0.194. The van der Waals surface area contributed by atoms with Crippen LogP contribution in [0.25, 0.3) is 53.9 Å². The molecule has 2 heterocycles. The minimum absolute atomic E-state index is 0.152. The molecular weight excluding hydrogens is 578 g/mol. The highest BCUT2D eigenvalue weighted by Crippen LogP contribution is 2.42. The lowest BCUT2D eigenvalue weighted by Gasteiger charge is -2.13. The number of halogens is 2. The number of sulfonamides is 1. The maximum Gasteiger partial charge on any atom is 0.255 e. The predicted octanol–water partition coefficient (Wildman–Crippen LogP) is 8.05. The van der Waals surface area contributed by atoms with Gasteiger partial charge in [0, 0.05) is 44.6 Å². The van der Waals surface area contributed by atoms with Crippen molar-refractivity contribution in [1.82, 2.24) is 5.32 Å². The zero-order chi connectivity index (χ0) is 29.6. The summed E-state index contributed by atoms with van der Waals surface area (Å²) in [7, 11) is -2.19. The molecule has 0 saturated heterocycles. The van der Waals surface area contributed by atoms with Crippen molar-refractivity contribution < 1.29 is 26.4 Å². The van der Waals surface area contributed by atoms with Gasteiger partial charge in [0.25, 0.3) is 5.91 Å². The van der Waals surface area contributed by atoms with Crippen LogP contribution in [0.2, 0.25) is 0 Å². The Labute approximate surface area is 244 Å². The van der Waals surface area contributed by atoms with E-state index >= 15 is 0 Å². The number of anilines is 1. The van der Waals surface area contributed by atoms with Crippen LogP contribution in [0.3, 0.4) is 0 Å². The number of thiophene rings is 1. The SMILES string of the molecule is CCS(=O)(=O)Nc1cc2oc(-c3ccc(F)cc3)c(C(=O)NC)c2cc1-c1cccc(-c2cc3c(F)cccc3s2)c1. The molecule has 2 N–H and O–H groups in total. The molecular formula is C32H24F2N2O4S2. The van der Waals surface area contributed by atoms with Gasteiger partial charge < -0.3 is 9.73 Å². The van der Waals surface area contributed by atoms with E-state index in [0.717, 1.165) is 15.1 Å². The molecule has 10 heteroatoms. The van der Waals surface area contributed by atoms with Crippen molar-refractivity contribution in [3.63, 3.8) is 0 Å². The molecule has 0 aliphatic rings. The fourth-order valence-corrected chi connectivity index (χ4v) is 6.59. The highest BCUT2D eigenvalue weighted by Gasteiger charge is 2.24. The van der Waals surface area contributed by atoms with Crippen molar-refractivity contribution in [2.75, 3.05) is 17.5 Å². The Bertz CT molecular complexity index is 2100. The third-order valence-corrected chi connectivity index (χ3v) is 9.44. The average molecular weight is 603 g/mol. The van der Waals surface area contributed by atoms with Gasteiger partial charge in [-0.15, -0.1) is 11.3 Å². The lowest BCUT2D eigenvalue weighted by Crippen LogP contribution is -2.18. The summed E-state index contributed by atoms with van der Waals surface area (Å²) >= 11 is 1.45. The molecule has 0 aliphatic heterocycles. The van der Waals surface area contributed by atoms with E-state index in [1.165, 1.54) is 55.6 Å². The van der Waals surface area contributed by atoms with Gasteiger partial charge in [-0.1, -0.05) is 24.3 Å². The van der Waals surface area contributed by atoms with Crippen molar-refractivity contribution in [3.8, 4) is 32.9 Å². The summed E-state index contributed by atoms with van der Waals surface area (Å²) in [6, 6.07) is 23.1. The van der Waals surface area contributed by atoms with Crippen LogP contribution in [0.5, 0.6) is 0 Å². The first-order valence-electron chi connectivity index (χ1n) is 13.1. The van der Waals surface area contributed by atoms with E-state index in [-0.39, 0.29) is 34.2 Å². The first-order chi connectivity index (χ1) is 20.2. The summed E-state index contributed by atoms with van der Waals surface area (Å²) in [6.45, 7) is 1.53. The van der Waals surface area contributed by atoms with Gasteiger partial charge in [-0.25, -0.2) is 17.2 Å². The van der Waals surface area contributed by atoms with E-state index in [2.05, 4.69) is 10.0 Å². The Morgan fingerprint density at radius 2 is 1.62 bits per heavy atom. The van der Waals surface area contributed by atoms with Gasteiger partial charge in [0.05, 0.1) is 17.0 Å². The van der Waals surface area contributed by atoms with E-state index < -0.39 is 21.7 Å². The summed E-state index contributed by atoms with van der Waals surface area (Å²) in [5.74, 6) is -1.07. The molecule has 2 aromatic heterocycles. The summed E-state index contributed by atoms with van der Waals surface area (Å²) in [5, 5.41) is 3.62. The molecule has 0 aliphatic carbocycles. The van der Waals surface area contributed by atoms with E-state index in [1.807, 2.05) is 30.3 Å². The molecule has 6 aromatic rings. The second kappa shape index (κ2) is 10.7. The Balaban J connectivity index is 1.58. The van der Waals surface area contributed by atoms with Crippen LogP contribution in [0.15, 0.2) is 89.3 Å². The van der Waals surface area contributed by atoms with E-state index in [9.17, 15) is 22.0 Å². The van der Waals surface area contributed by atoms with Gasteiger partial charge in [0.1, 0.15) is 23.0 Å². The maximum atomic E-state index is 14.4. The first kappa shape index (κ1) is 27.6. The molecule has 0 atom stereocenters. The lowest BCUT2D eigenvalue weighted by atomic mass is 9.97. The average Bonchev–Trinajstić information content (AvgIpc) is 3.59. The number of benzene rings is 4. The zero-order valence-electron chi connectivity index (χ0n) is 22.5. The summed E-state index contributed by atoms with van der Waals surface area (Å²) in [4.78, 5) is 14.0. The topological polar surface area (TPSA) is 88.4 Å². The molecule has 1 amide bonds. The molecule has 0 bridgehead atoms. The largest absolute Gasteiger partial charge is 0.455 e. The van der Waals surface area contributed by atoms with E-state index in [4.69, 9.17) is 4.42 Å². The molecule has 0 unspecified atom stereocenters. The first-order valence-corrected chi connectivity index (χ1v) is 15.5. The number of rotatable bonds is 7. The van der Waals surface area contributed by atoms with Gasteiger partial charge in [-0.05, 0) is 72.6 Å². The van der Waals surface area contributed by atoms with Crippen LogP contribution >= 0.6 is 11.3 Å². The van der Waals surface area contributed by atoms with Crippen LogP contribution in [0.4, 0.5) is 14.5 Å². The van der Waals surface area contributed by atoms with Crippen molar-refractivity contribution in [1.29, 1.82) is 0 Å². The number of fused-ring (bicyclic) bond motifs is 2. The van der Waals surface area contributed by atoms with Gasteiger partial charge in [0.2, 0.25) is 10.0 Å². The predicted molar refractivity (Wildman–Crippen MR) is 164 cm³/mol. The standard InChI is InChI=1S/C32H24F2N2O4S2/c1-3-42(38,39)36-26-17-27-24(30(32(37)35-2)31(40-27)18-10-12-21(33)13-11-18)15-22(26)19-6-4-7-20(14-19)29-16-23-25(34)8-5-9-28(23)41-29/h4-17,36H,3H2,1-2H3,(H,35,37). The monoisotopic (exact) mass is 602 g/mol. The minimum Gasteiger partial charge on any atom is -0.455 e. The number of carbonyl (C=O) groups is 1. The Morgan fingerprint density at radius 3 is 2.33 bits per heavy atom. The van der Waals surface area contributed by atoms with Crippen LogP contribution < -0.4 is 10.0 Å². The van der Waals surface area contributed by atoms with Gasteiger partial charge in [-0.3, -0.25) is 9.52 Å². The Kier molecular flexibility index (Phi) is 7.04. The third-order valence-electron chi connectivity index (χ3n) is 7.00. The van der Waals surface area contributed by atoms with Crippen molar-refractivity contribution >= 4 is 54.0 Å². The molecule has 0 radical (unpaired) electrons. The number of hydrogen-bond acceptors (Lipinski definition) is 5. The van der Waals surface area contributed by atoms with E-state index in [1.54, 1.807) is 24.3 Å². The van der Waals surface area contributed by atoms with Crippen LogP contribution in [-0.2, 0) is 10.0 Å². The molecule has 0 saturated carbocycles. The second-order valence-corrected chi connectivity index (χ2v) is 12.7.